The van der Waals surface area contributed by atoms with E-state index in [1.165, 1.54) is 17.3 Å². The van der Waals surface area contributed by atoms with Gasteiger partial charge >= 0.3 is 0 Å². The molecule has 2 aliphatic heterocycles. The van der Waals surface area contributed by atoms with Gasteiger partial charge in [-0.05, 0) is 59.1 Å². The van der Waals surface area contributed by atoms with Crippen molar-refractivity contribution in [1.29, 1.82) is 0 Å². The number of fused-ring (bicyclic) bond motifs is 2. The molecule has 0 fully saturated rings. The third-order valence-electron chi connectivity index (χ3n) is 7.13. The highest BCUT2D eigenvalue weighted by molar-refractivity contribution is 8.17. The Morgan fingerprint density at radius 2 is 1.38 bits per heavy atom. The number of benzene rings is 4. The number of carbonyl (C=O) groups is 1. The summed E-state index contributed by atoms with van der Waals surface area (Å²) in [5, 5.41) is 15.2. The van der Waals surface area contributed by atoms with Crippen LogP contribution in [0.15, 0.2) is 113 Å². The molecule has 4 aromatic carbocycles. The molecule has 5 nitrogen and oxygen atoms in total. The van der Waals surface area contributed by atoms with Crippen LogP contribution < -0.4 is 10.0 Å². The molecule has 2 heterocycles. The van der Waals surface area contributed by atoms with E-state index in [4.69, 9.17) is 21.8 Å². The Bertz CT molecular complexity index is 1640. The minimum absolute atomic E-state index is 0.0466. The summed E-state index contributed by atoms with van der Waals surface area (Å²) in [6.45, 7) is 8.20. The Kier molecular flexibility index (Phi) is 6.56. The smallest absolute Gasteiger partial charge is 0.234 e. The van der Waals surface area contributed by atoms with Gasteiger partial charge in [0.1, 0.15) is 0 Å². The van der Waals surface area contributed by atoms with Crippen LogP contribution in [0.4, 0.5) is 11.4 Å². The van der Waals surface area contributed by atoms with Crippen molar-refractivity contribution >= 4 is 51.3 Å². The van der Waals surface area contributed by atoms with Crippen LogP contribution in [0.1, 0.15) is 49.9 Å². The molecule has 0 saturated heterocycles. The molecule has 0 N–H and O–H groups in total. The summed E-state index contributed by atoms with van der Waals surface area (Å²) >= 11 is 7.67. The maximum atomic E-state index is 12.8. The zero-order valence-corrected chi connectivity index (χ0v) is 24.4. The van der Waals surface area contributed by atoms with E-state index in [1.54, 1.807) is 6.92 Å². The normalized spacial score (nSPS) is 18.4. The Morgan fingerprint density at radius 1 is 0.775 bits per heavy atom. The summed E-state index contributed by atoms with van der Waals surface area (Å²) in [5.74, 6) is -0.0983. The number of ketones is 1. The zero-order chi connectivity index (χ0) is 28.1. The molecular weight excluding hydrogens is 536 g/mol. The van der Waals surface area contributed by atoms with E-state index in [0.29, 0.717) is 10.1 Å². The number of rotatable bonds is 4. The molecule has 6 rings (SSSR count). The molecule has 2 aliphatic rings. The van der Waals surface area contributed by atoms with Crippen LogP contribution in [0.25, 0.3) is 0 Å². The molecule has 200 valence electrons. The van der Waals surface area contributed by atoms with Gasteiger partial charge in [-0.1, -0.05) is 99.1 Å². The number of para-hydroxylation sites is 1. The van der Waals surface area contributed by atoms with Gasteiger partial charge in [0, 0.05) is 28.6 Å². The SMILES string of the molecule is CC(=O)C1=NN(c2ccc(Cl)cc2)[C@@]2(S1)c1ccccc1C(c1ccc(C(C)(C)C)cc1)=NN2c1ccccc1. The van der Waals surface area contributed by atoms with Gasteiger partial charge in [-0.15, -0.1) is 0 Å². The van der Waals surface area contributed by atoms with Crippen molar-refractivity contribution in [2.45, 2.75) is 38.1 Å². The minimum atomic E-state index is -0.984. The average molecular weight is 565 g/mol. The van der Waals surface area contributed by atoms with Crippen LogP contribution in [-0.2, 0) is 15.2 Å². The maximum absolute atomic E-state index is 12.8. The molecule has 1 spiro atoms. The first kappa shape index (κ1) is 26.4. The first-order chi connectivity index (χ1) is 19.2. The van der Waals surface area contributed by atoms with E-state index in [0.717, 1.165) is 33.8 Å². The molecule has 1 atom stereocenters. The summed E-state index contributed by atoms with van der Waals surface area (Å²) < 4.78 is 0. The summed E-state index contributed by atoms with van der Waals surface area (Å²) in [5.41, 5.74) is 6.85. The molecule has 0 unspecified atom stereocenters. The second kappa shape index (κ2) is 9.95. The van der Waals surface area contributed by atoms with Gasteiger partial charge in [-0.25, -0.2) is 10.0 Å². The van der Waals surface area contributed by atoms with E-state index in [9.17, 15) is 4.79 Å². The first-order valence-electron chi connectivity index (χ1n) is 13.2. The number of hydrazone groups is 2. The average Bonchev–Trinajstić information content (AvgIpc) is 3.35. The standard InChI is InChI=1S/C33H29ClN4OS/c1-22(39)31-36-38(27-20-18-25(34)19-21-27)33(40-31)29-13-9-8-12-28(29)30(35-37(33)26-10-6-5-7-11-26)23-14-16-24(17-15-23)32(2,3)4/h5-21H,1-4H3/t33-/m1/s1. The molecule has 0 aliphatic carbocycles. The number of halogens is 1. The molecular formula is C33H29ClN4OS. The Hall–Kier alpha value is -3.87. The molecule has 7 heteroatoms. The van der Waals surface area contributed by atoms with Crippen LogP contribution in [-0.4, -0.2) is 16.5 Å². The largest absolute Gasteiger partial charge is 0.292 e. The number of hydrogen-bond donors (Lipinski definition) is 0. The van der Waals surface area contributed by atoms with Gasteiger partial charge in [-0.3, -0.25) is 4.79 Å². The lowest BCUT2D eigenvalue weighted by molar-refractivity contribution is -0.110. The van der Waals surface area contributed by atoms with Crippen LogP contribution >= 0.6 is 23.4 Å². The van der Waals surface area contributed by atoms with Crippen molar-refractivity contribution in [2.75, 3.05) is 10.0 Å². The van der Waals surface area contributed by atoms with Gasteiger partial charge in [0.15, 0.2) is 10.8 Å². The Morgan fingerprint density at radius 3 is 2.02 bits per heavy atom. The van der Waals surface area contributed by atoms with E-state index in [2.05, 4.69) is 57.2 Å². The molecule has 4 aromatic rings. The summed E-state index contributed by atoms with van der Waals surface area (Å²) in [4.78, 5) is 11.8. The van der Waals surface area contributed by atoms with E-state index < -0.39 is 4.99 Å². The fourth-order valence-electron chi connectivity index (χ4n) is 5.07. The predicted octanol–water partition coefficient (Wildman–Crippen LogP) is 8.18. The summed E-state index contributed by atoms with van der Waals surface area (Å²) in [6, 6.07) is 34.5. The number of anilines is 2. The molecule has 0 bridgehead atoms. The fraction of sp³-hybridized carbons (Fsp3) is 0.182. The third-order valence-corrected chi connectivity index (χ3v) is 8.80. The molecule has 0 saturated carbocycles. The quantitative estimate of drug-likeness (QED) is 0.251. The summed E-state index contributed by atoms with van der Waals surface area (Å²) in [6.07, 6.45) is 0. The number of carbonyl (C=O) groups excluding carboxylic acids is 1. The highest BCUT2D eigenvalue weighted by Gasteiger charge is 2.55. The van der Waals surface area contributed by atoms with E-state index >= 15 is 0 Å². The van der Waals surface area contributed by atoms with Crippen LogP contribution in [0.5, 0.6) is 0 Å². The van der Waals surface area contributed by atoms with Crippen molar-refractivity contribution < 1.29 is 4.79 Å². The van der Waals surface area contributed by atoms with Gasteiger partial charge < -0.3 is 0 Å². The van der Waals surface area contributed by atoms with Crippen molar-refractivity contribution in [2.24, 2.45) is 10.2 Å². The second-order valence-corrected chi connectivity index (χ2v) is 12.5. The third kappa shape index (κ3) is 4.41. The number of hydrogen-bond acceptors (Lipinski definition) is 6. The fourth-order valence-corrected chi connectivity index (χ4v) is 6.48. The first-order valence-corrected chi connectivity index (χ1v) is 14.4. The maximum Gasteiger partial charge on any atom is 0.234 e. The molecule has 40 heavy (non-hydrogen) atoms. The highest BCUT2D eigenvalue weighted by atomic mass is 35.5. The number of Topliss-reactive ketones (excluding diaryl/α,β-unsaturated/α-hetero) is 1. The van der Waals surface area contributed by atoms with Gasteiger partial charge in [0.05, 0.1) is 17.1 Å². The lowest BCUT2D eigenvalue weighted by Gasteiger charge is -2.47. The van der Waals surface area contributed by atoms with Gasteiger partial charge in [0.25, 0.3) is 0 Å². The monoisotopic (exact) mass is 564 g/mol. The van der Waals surface area contributed by atoms with Gasteiger partial charge in [-0.2, -0.15) is 10.2 Å². The molecule has 0 radical (unpaired) electrons. The van der Waals surface area contributed by atoms with E-state index in [-0.39, 0.29) is 11.2 Å². The van der Waals surface area contributed by atoms with Crippen LogP contribution in [0.3, 0.4) is 0 Å². The second-order valence-electron chi connectivity index (χ2n) is 10.9. The lowest BCUT2D eigenvalue weighted by Crippen LogP contribution is -2.54. The Balaban J connectivity index is 1.62. The summed E-state index contributed by atoms with van der Waals surface area (Å²) in [7, 11) is 0. The minimum Gasteiger partial charge on any atom is -0.292 e. The van der Waals surface area contributed by atoms with Crippen LogP contribution in [0, 0.1) is 0 Å². The van der Waals surface area contributed by atoms with Gasteiger partial charge in [0.2, 0.25) is 4.99 Å². The predicted molar refractivity (Wildman–Crippen MR) is 167 cm³/mol. The Labute approximate surface area is 244 Å². The number of nitrogens with zero attached hydrogens (tertiary/aromatic N) is 4. The zero-order valence-electron chi connectivity index (χ0n) is 22.8. The number of thioether (sulfide) groups is 1. The van der Waals surface area contributed by atoms with Crippen LogP contribution in [0.2, 0.25) is 5.02 Å². The van der Waals surface area contributed by atoms with Crippen molar-refractivity contribution in [1.82, 2.24) is 0 Å². The lowest BCUT2D eigenvalue weighted by atomic mass is 9.85. The topological polar surface area (TPSA) is 48.3 Å². The van der Waals surface area contributed by atoms with E-state index in [1.807, 2.05) is 76.7 Å². The van der Waals surface area contributed by atoms with Crippen molar-refractivity contribution in [3.63, 3.8) is 0 Å². The highest BCUT2D eigenvalue weighted by Crippen LogP contribution is 2.55. The van der Waals surface area contributed by atoms with Crippen molar-refractivity contribution in [3.8, 4) is 0 Å². The molecule has 0 aromatic heterocycles. The molecule has 0 amide bonds. The van der Waals surface area contributed by atoms with Crippen molar-refractivity contribution in [3.05, 3.63) is 130 Å².